The van der Waals surface area contributed by atoms with Crippen molar-refractivity contribution >= 4 is 0 Å². The van der Waals surface area contributed by atoms with Gasteiger partial charge in [0.2, 0.25) is 0 Å². The number of phenols is 1. The van der Waals surface area contributed by atoms with Crippen molar-refractivity contribution in [1.82, 2.24) is 0 Å². The van der Waals surface area contributed by atoms with Crippen molar-refractivity contribution in [3.05, 3.63) is 29.8 Å². The Balaban J connectivity index is 2.65. The molecule has 1 N–H and O–H groups in total. The van der Waals surface area contributed by atoms with Gasteiger partial charge in [-0.1, -0.05) is 116 Å². The minimum absolute atomic E-state index is 0.168. The highest BCUT2D eigenvalue weighted by Gasteiger charge is 2.31. The zero-order valence-corrected chi connectivity index (χ0v) is 17.9. The van der Waals surface area contributed by atoms with Crippen molar-refractivity contribution in [2.75, 3.05) is 0 Å². The summed E-state index contributed by atoms with van der Waals surface area (Å²) in [7, 11) is 0. The van der Waals surface area contributed by atoms with Crippen LogP contribution in [0.15, 0.2) is 24.3 Å². The topological polar surface area (TPSA) is 20.2 Å². The number of para-hydroxylation sites is 1. The summed E-state index contributed by atoms with van der Waals surface area (Å²) in [6.45, 7) is 6.88. The maximum atomic E-state index is 10.5. The van der Waals surface area contributed by atoms with Gasteiger partial charge in [0.1, 0.15) is 5.75 Å². The molecule has 1 aromatic carbocycles. The Kier molecular flexibility index (Phi) is 12.5. The van der Waals surface area contributed by atoms with Crippen LogP contribution >= 0.6 is 0 Å². The van der Waals surface area contributed by atoms with E-state index in [1.165, 1.54) is 95.5 Å². The number of benzene rings is 1. The molecule has 1 heteroatoms. The number of phenolic OH excluding ortho intramolecular Hbond substituents is 1. The molecule has 0 aliphatic carbocycles. The van der Waals surface area contributed by atoms with Gasteiger partial charge in [0.05, 0.1) is 0 Å². The third-order valence-corrected chi connectivity index (χ3v) is 6.17. The lowest BCUT2D eigenvalue weighted by atomic mass is 9.70. The Morgan fingerprint density at radius 3 is 1.58 bits per heavy atom. The highest BCUT2D eigenvalue weighted by molar-refractivity contribution is 5.38. The molecule has 0 atom stereocenters. The summed E-state index contributed by atoms with van der Waals surface area (Å²) in [5.74, 6) is 0.506. The molecule has 0 unspecified atom stereocenters. The monoisotopic (exact) mass is 360 g/mol. The lowest BCUT2D eigenvalue weighted by Crippen LogP contribution is -2.25. The summed E-state index contributed by atoms with van der Waals surface area (Å²) in [5, 5.41) is 10.5. The number of unbranched alkanes of at least 4 members (excludes halogenated alkanes) is 10. The Labute approximate surface area is 163 Å². The first kappa shape index (κ1) is 23.1. The summed E-state index contributed by atoms with van der Waals surface area (Å²) in [6, 6.07) is 8.10. The Bertz CT molecular complexity index is 435. The Hall–Kier alpha value is -0.980. The van der Waals surface area contributed by atoms with Crippen molar-refractivity contribution in [3.8, 4) is 5.75 Å². The minimum Gasteiger partial charge on any atom is -0.508 e. The second kappa shape index (κ2) is 14.1. The van der Waals surface area contributed by atoms with E-state index in [9.17, 15) is 5.11 Å². The van der Waals surface area contributed by atoms with E-state index in [2.05, 4.69) is 32.9 Å². The van der Waals surface area contributed by atoms with Gasteiger partial charge < -0.3 is 5.11 Å². The highest BCUT2D eigenvalue weighted by atomic mass is 16.3. The molecule has 0 radical (unpaired) electrons. The number of hydrogen-bond acceptors (Lipinski definition) is 1. The van der Waals surface area contributed by atoms with E-state index in [4.69, 9.17) is 0 Å². The zero-order chi connectivity index (χ0) is 19.1. The number of rotatable bonds is 16. The van der Waals surface area contributed by atoms with Gasteiger partial charge in [-0.15, -0.1) is 0 Å². The molecule has 0 aliphatic heterocycles. The van der Waals surface area contributed by atoms with Crippen LogP contribution in [0.5, 0.6) is 5.75 Å². The van der Waals surface area contributed by atoms with Gasteiger partial charge in [0, 0.05) is 5.56 Å². The summed E-state index contributed by atoms with van der Waals surface area (Å²) >= 11 is 0. The van der Waals surface area contributed by atoms with Gasteiger partial charge in [-0.05, 0) is 30.7 Å². The standard InChI is InChI=1S/C25H44O/c1-4-7-9-11-13-17-21-25(6-3,22-18-14-12-10-8-5-2)23-19-15-16-20-24(23)26/h15-16,19-20,26H,4-14,17-18,21-22H2,1-3H3. The predicted molar refractivity (Wildman–Crippen MR) is 116 cm³/mol. The van der Waals surface area contributed by atoms with Crippen LogP contribution in [0.2, 0.25) is 0 Å². The first-order valence-electron chi connectivity index (χ1n) is 11.5. The average Bonchev–Trinajstić information content (AvgIpc) is 2.66. The molecule has 0 aliphatic rings. The molecule has 0 aromatic heterocycles. The highest BCUT2D eigenvalue weighted by Crippen LogP contribution is 2.42. The first-order valence-corrected chi connectivity index (χ1v) is 11.5. The lowest BCUT2D eigenvalue weighted by Gasteiger charge is -2.34. The van der Waals surface area contributed by atoms with Gasteiger partial charge in [-0.2, -0.15) is 0 Å². The molecular weight excluding hydrogens is 316 g/mol. The molecule has 1 nitrogen and oxygen atoms in total. The molecule has 0 heterocycles. The maximum absolute atomic E-state index is 10.5. The van der Waals surface area contributed by atoms with Gasteiger partial charge >= 0.3 is 0 Å². The first-order chi connectivity index (χ1) is 12.7. The second-order valence-electron chi connectivity index (χ2n) is 8.19. The molecule has 0 spiro atoms. The van der Waals surface area contributed by atoms with Gasteiger partial charge in [0.15, 0.2) is 0 Å². The largest absolute Gasteiger partial charge is 0.508 e. The number of aromatic hydroxyl groups is 1. The summed E-state index contributed by atoms with van der Waals surface area (Å²) in [5.41, 5.74) is 1.37. The van der Waals surface area contributed by atoms with E-state index in [1.54, 1.807) is 0 Å². The SMILES string of the molecule is CCCCCCCCC(CC)(CCCCCCCC)c1ccccc1O. The van der Waals surface area contributed by atoms with Crippen molar-refractivity contribution in [1.29, 1.82) is 0 Å². The molecule has 150 valence electrons. The van der Waals surface area contributed by atoms with Crippen LogP contribution in [0.1, 0.15) is 123 Å². The molecule has 0 amide bonds. The van der Waals surface area contributed by atoms with E-state index in [1.807, 2.05) is 12.1 Å². The number of hydrogen-bond donors (Lipinski definition) is 1. The van der Waals surface area contributed by atoms with Gasteiger partial charge in [-0.3, -0.25) is 0 Å². The molecule has 0 fully saturated rings. The summed E-state index contributed by atoms with van der Waals surface area (Å²) in [4.78, 5) is 0. The Morgan fingerprint density at radius 1 is 0.654 bits per heavy atom. The third-order valence-electron chi connectivity index (χ3n) is 6.17. The quantitative estimate of drug-likeness (QED) is 0.293. The van der Waals surface area contributed by atoms with Crippen LogP contribution in [-0.2, 0) is 5.41 Å². The predicted octanol–water partition coefficient (Wildman–Crippen LogP) is 8.54. The van der Waals surface area contributed by atoms with Crippen LogP contribution in [0, 0.1) is 0 Å². The van der Waals surface area contributed by atoms with Crippen LogP contribution in [0.3, 0.4) is 0 Å². The zero-order valence-electron chi connectivity index (χ0n) is 17.9. The van der Waals surface area contributed by atoms with Crippen LogP contribution in [0.25, 0.3) is 0 Å². The van der Waals surface area contributed by atoms with E-state index in [0.29, 0.717) is 5.75 Å². The summed E-state index contributed by atoms with van der Waals surface area (Å²) in [6.07, 6.45) is 19.7. The summed E-state index contributed by atoms with van der Waals surface area (Å²) < 4.78 is 0. The van der Waals surface area contributed by atoms with Crippen molar-refractivity contribution in [3.63, 3.8) is 0 Å². The molecule has 1 aromatic rings. The fourth-order valence-corrected chi connectivity index (χ4v) is 4.35. The van der Waals surface area contributed by atoms with E-state index in [0.717, 1.165) is 6.42 Å². The van der Waals surface area contributed by atoms with E-state index in [-0.39, 0.29) is 5.41 Å². The molecular formula is C25H44O. The van der Waals surface area contributed by atoms with Crippen LogP contribution in [-0.4, -0.2) is 5.11 Å². The average molecular weight is 361 g/mol. The van der Waals surface area contributed by atoms with Crippen LogP contribution in [0.4, 0.5) is 0 Å². The fraction of sp³-hybridized carbons (Fsp3) is 0.760. The smallest absolute Gasteiger partial charge is 0.119 e. The lowest BCUT2D eigenvalue weighted by molar-refractivity contribution is 0.309. The third kappa shape index (κ3) is 8.14. The van der Waals surface area contributed by atoms with Crippen molar-refractivity contribution in [2.24, 2.45) is 0 Å². The molecule has 0 bridgehead atoms. The fourth-order valence-electron chi connectivity index (χ4n) is 4.35. The Morgan fingerprint density at radius 2 is 1.12 bits per heavy atom. The van der Waals surface area contributed by atoms with Crippen molar-refractivity contribution in [2.45, 2.75) is 122 Å². The molecule has 0 saturated carbocycles. The van der Waals surface area contributed by atoms with Gasteiger partial charge in [0.25, 0.3) is 0 Å². The van der Waals surface area contributed by atoms with Gasteiger partial charge in [-0.25, -0.2) is 0 Å². The minimum atomic E-state index is 0.168. The maximum Gasteiger partial charge on any atom is 0.119 e. The molecule has 26 heavy (non-hydrogen) atoms. The molecule has 1 rings (SSSR count). The van der Waals surface area contributed by atoms with E-state index < -0.39 is 0 Å². The van der Waals surface area contributed by atoms with Crippen molar-refractivity contribution < 1.29 is 5.11 Å². The second-order valence-corrected chi connectivity index (χ2v) is 8.19. The van der Waals surface area contributed by atoms with E-state index >= 15 is 0 Å². The molecule has 0 saturated heterocycles. The normalized spacial score (nSPS) is 11.8. The van der Waals surface area contributed by atoms with Crippen LogP contribution < -0.4 is 0 Å².